The number of carbonyl (C=O) groups is 1. The van der Waals surface area contributed by atoms with E-state index in [0.717, 1.165) is 11.4 Å². The summed E-state index contributed by atoms with van der Waals surface area (Å²) in [5.74, 6) is -0.813. The van der Waals surface area contributed by atoms with Crippen LogP contribution in [0.3, 0.4) is 0 Å². The average molecular weight is 403 g/mol. The monoisotopic (exact) mass is 403 g/mol. The van der Waals surface area contributed by atoms with Gasteiger partial charge in [-0.1, -0.05) is 31.2 Å². The number of benzene rings is 1. The molecular formula is C20H20F3N5O. The summed E-state index contributed by atoms with van der Waals surface area (Å²) in [6, 6.07) is 8.72. The standard InChI is InChI=1S/C20H20F3N5O/c1-12(7-18-27-24-11-28(18)3)15-6-4-5-14(9-15)10-17(29)16-8-13(2)25-19(26-16)20(21,22)23/h4-6,8-9,11-12H,7,10H2,1-3H3/t12-/m1/s1. The summed E-state index contributed by atoms with van der Waals surface area (Å²) in [5, 5.41) is 7.95. The fourth-order valence-electron chi connectivity index (χ4n) is 3.01. The predicted molar refractivity (Wildman–Crippen MR) is 99.4 cm³/mol. The maximum atomic E-state index is 12.9. The predicted octanol–water partition coefficient (Wildman–Crippen LogP) is 3.70. The lowest BCUT2D eigenvalue weighted by Gasteiger charge is -2.13. The number of hydrogen-bond acceptors (Lipinski definition) is 5. The number of ketones is 1. The summed E-state index contributed by atoms with van der Waals surface area (Å²) in [6.07, 6.45) is -2.43. The molecule has 2 aromatic heterocycles. The second-order valence-electron chi connectivity index (χ2n) is 7.02. The Morgan fingerprint density at radius 3 is 2.62 bits per heavy atom. The van der Waals surface area contributed by atoms with Gasteiger partial charge in [0, 0.05) is 25.6 Å². The highest BCUT2D eigenvalue weighted by molar-refractivity contribution is 5.95. The van der Waals surface area contributed by atoms with Crippen LogP contribution in [-0.4, -0.2) is 30.5 Å². The molecule has 0 bridgehead atoms. The number of halogens is 3. The first kappa shape index (κ1) is 20.6. The van der Waals surface area contributed by atoms with E-state index in [4.69, 9.17) is 0 Å². The minimum atomic E-state index is -4.70. The van der Waals surface area contributed by atoms with Gasteiger partial charge < -0.3 is 4.57 Å². The Kier molecular flexibility index (Phi) is 5.76. The highest BCUT2D eigenvalue weighted by atomic mass is 19.4. The molecule has 6 nitrogen and oxygen atoms in total. The molecule has 1 atom stereocenters. The molecule has 29 heavy (non-hydrogen) atoms. The first-order chi connectivity index (χ1) is 13.6. The number of aromatic nitrogens is 5. The van der Waals surface area contributed by atoms with E-state index >= 15 is 0 Å². The van der Waals surface area contributed by atoms with E-state index in [2.05, 4.69) is 20.2 Å². The van der Waals surface area contributed by atoms with Crippen molar-refractivity contribution in [3.63, 3.8) is 0 Å². The molecule has 3 rings (SSSR count). The normalized spacial score (nSPS) is 12.8. The van der Waals surface area contributed by atoms with E-state index in [1.54, 1.807) is 12.4 Å². The second-order valence-corrected chi connectivity index (χ2v) is 7.02. The van der Waals surface area contributed by atoms with Crippen molar-refractivity contribution < 1.29 is 18.0 Å². The Balaban J connectivity index is 1.77. The van der Waals surface area contributed by atoms with Crippen LogP contribution in [0.1, 0.15) is 51.8 Å². The van der Waals surface area contributed by atoms with Crippen LogP contribution in [0.25, 0.3) is 0 Å². The molecule has 2 heterocycles. The summed E-state index contributed by atoms with van der Waals surface area (Å²) >= 11 is 0. The van der Waals surface area contributed by atoms with Gasteiger partial charge in [-0.3, -0.25) is 4.79 Å². The Morgan fingerprint density at radius 1 is 1.21 bits per heavy atom. The molecule has 0 radical (unpaired) electrons. The molecule has 0 saturated carbocycles. The third-order valence-electron chi connectivity index (χ3n) is 4.57. The lowest BCUT2D eigenvalue weighted by Crippen LogP contribution is -2.16. The van der Waals surface area contributed by atoms with Crippen molar-refractivity contribution in [3.8, 4) is 0 Å². The smallest absolute Gasteiger partial charge is 0.321 e. The molecule has 0 spiro atoms. The van der Waals surface area contributed by atoms with Gasteiger partial charge in [-0.25, -0.2) is 9.97 Å². The van der Waals surface area contributed by atoms with Gasteiger partial charge in [-0.15, -0.1) is 10.2 Å². The zero-order valence-electron chi connectivity index (χ0n) is 16.2. The molecule has 1 aromatic carbocycles. The van der Waals surface area contributed by atoms with Crippen LogP contribution in [0.4, 0.5) is 13.2 Å². The van der Waals surface area contributed by atoms with Crippen LogP contribution in [0.2, 0.25) is 0 Å². The lowest BCUT2D eigenvalue weighted by molar-refractivity contribution is -0.145. The Morgan fingerprint density at radius 2 is 1.97 bits per heavy atom. The van der Waals surface area contributed by atoms with Crippen LogP contribution < -0.4 is 0 Å². The van der Waals surface area contributed by atoms with Crippen LogP contribution >= 0.6 is 0 Å². The SMILES string of the molecule is Cc1cc(C(=O)Cc2cccc([C@H](C)Cc3nncn3C)c2)nc(C(F)(F)F)n1. The van der Waals surface area contributed by atoms with E-state index in [1.165, 1.54) is 13.0 Å². The van der Waals surface area contributed by atoms with Crippen LogP contribution in [0, 0.1) is 6.92 Å². The van der Waals surface area contributed by atoms with Crippen molar-refractivity contribution in [2.24, 2.45) is 7.05 Å². The second kappa shape index (κ2) is 8.10. The zero-order valence-corrected chi connectivity index (χ0v) is 16.2. The maximum Gasteiger partial charge on any atom is 0.451 e. The van der Waals surface area contributed by atoms with Gasteiger partial charge >= 0.3 is 6.18 Å². The van der Waals surface area contributed by atoms with Gasteiger partial charge in [0.1, 0.15) is 17.8 Å². The number of alkyl halides is 3. The fraction of sp³-hybridized carbons (Fsp3) is 0.350. The topological polar surface area (TPSA) is 73.6 Å². The van der Waals surface area contributed by atoms with E-state index in [1.807, 2.05) is 36.7 Å². The van der Waals surface area contributed by atoms with Gasteiger partial charge in [-0.2, -0.15) is 13.2 Å². The van der Waals surface area contributed by atoms with Gasteiger partial charge in [-0.05, 0) is 30.0 Å². The van der Waals surface area contributed by atoms with Gasteiger partial charge in [0.05, 0.1) is 0 Å². The maximum absolute atomic E-state index is 12.9. The van der Waals surface area contributed by atoms with E-state index < -0.39 is 17.8 Å². The third kappa shape index (κ3) is 5.04. The fourth-order valence-corrected chi connectivity index (χ4v) is 3.01. The molecule has 9 heteroatoms. The minimum Gasteiger partial charge on any atom is -0.321 e. The van der Waals surface area contributed by atoms with Crippen molar-refractivity contribution in [3.05, 3.63) is 70.8 Å². The molecule has 0 aliphatic carbocycles. The lowest BCUT2D eigenvalue weighted by atomic mass is 9.94. The van der Waals surface area contributed by atoms with Crippen molar-refractivity contribution in [1.29, 1.82) is 0 Å². The quantitative estimate of drug-likeness (QED) is 0.587. The number of Topliss-reactive ketones (excluding diaryl/α,β-unsaturated/α-hetero) is 1. The molecule has 152 valence electrons. The molecular weight excluding hydrogens is 383 g/mol. The highest BCUT2D eigenvalue weighted by Gasteiger charge is 2.35. The molecule has 0 unspecified atom stereocenters. The Bertz CT molecular complexity index is 1030. The first-order valence-electron chi connectivity index (χ1n) is 9.01. The highest BCUT2D eigenvalue weighted by Crippen LogP contribution is 2.27. The third-order valence-corrected chi connectivity index (χ3v) is 4.57. The van der Waals surface area contributed by atoms with Gasteiger partial charge in [0.2, 0.25) is 5.82 Å². The van der Waals surface area contributed by atoms with Crippen molar-refractivity contribution >= 4 is 5.78 Å². The van der Waals surface area contributed by atoms with Crippen molar-refractivity contribution in [2.45, 2.75) is 38.8 Å². The van der Waals surface area contributed by atoms with Crippen molar-refractivity contribution in [1.82, 2.24) is 24.7 Å². The largest absolute Gasteiger partial charge is 0.451 e. The molecule has 0 saturated heterocycles. The number of carbonyl (C=O) groups excluding carboxylic acids is 1. The van der Waals surface area contributed by atoms with Crippen LogP contribution in [0.15, 0.2) is 36.7 Å². The Labute approximate surface area is 165 Å². The van der Waals surface area contributed by atoms with Crippen molar-refractivity contribution in [2.75, 3.05) is 0 Å². The Hall–Kier alpha value is -3.10. The van der Waals surface area contributed by atoms with Gasteiger partial charge in [0.15, 0.2) is 5.78 Å². The van der Waals surface area contributed by atoms with Crippen LogP contribution in [0.5, 0.6) is 0 Å². The molecule has 0 fully saturated rings. The number of rotatable bonds is 6. The molecule has 0 amide bonds. The minimum absolute atomic E-state index is 0.0434. The first-order valence-corrected chi connectivity index (χ1v) is 9.01. The zero-order chi connectivity index (χ0) is 21.2. The summed E-state index contributed by atoms with van der Waals surface area (Å²) < 4.78 is 40.6. The van der Waals surface area contributed by atoms with E-state index in [0.29, 0.717) is 12.0 Å². The number of aryl methyl sites for hydroxylation is 2. The number of nitrogens with zero attached hydrogens (tertiary/aromatic N) is 5. The average Bonchev–Trinajstić information content (AvgIpc) is 3.05. The summed E-state index contributed by atoms with van der Waals surface area (Å²) in [5.41, 5.74) is 1.58. The van der Waals surface area contributed by atoms with Crippen LogP contribution in [-0.2, 0) is 26.1 Å². The van der Waals surface area contributed by atoms with E-state index in [-0.39, 0.29) is 23.7 Å². The summed E-state index contributed by atoms with van der Waals surface area (Å²) in [4.78, 5) is 19.3. The summed E-state index contributed by atoms with van der Waals surface area (Å²) in [7, 11) is 1.87. The molecule has 3 aromatic rings. The van der Waals surface area contributed by atoms with Gasteiger partial charge in [0.25, 0.3) is 0 Å². The number of hydrogen-bond donors (Lipinski definition) is 0. The van der Waals surface area contributed by atoms with E-state index in [9.17, 15) is 18.0 Å². The molecule has 0 aliphatic rings. The molecule has 0 N–H and O–H groups in total. The molecule has 0 aliphatic heterocycles. The summed E-state index contributed by atoms with van der Waals surface area (Å²) in [6.45, 7) is 3.45.